The maximum absolute atomic E-state index is 12.0. The summed E-state index contributed by atoms with van der Waals surface area (Å²) >= 11 is 0. The molecule has 106 valence electrons. The lowest BCUT2D eigenvalue weighted by atomic mass is 9.90. The van der Waals surface area contributed by atoms with Crippen molar-refractivity contribution >= 4 is 11.6 Å². The summed E-state index contributed by atoms with van der Waals surface area (Å²) in [7, 11) is 0. The number of carbonyl (C=O) groups is 1. The number of nitro groups is 1. The first-order chi connectivity index (χ1) is 8.77. The van der Waals surface area contributed by atoms with Crippen molar-refractivity contribution in [1.82, 2.24) is 10.3 Å². The number of H-pyrrole nitrogens is 1. The molecule has 1 amide bonds. The number of nitrogens with zero attached hydrogens (tertiary/aromatic N) is 1. The summed E-state index contributed by atoms with van der Waals surface area (Å²) in [5.74, 6) is -0.00599. The molecule has 0 aliphatic rings. The van der Waals surface area contributed by atoms with Gasteiger partial charge >= 0.3 is 0 Å². The molecule has 1 heterocycles. The fraction of sp³-hybridized carbons (Fsp3) is 0.583. The molecular weight excluding hydrogens is 248 g/mol. The Bertz CT molecular complexity index is 469. The molecule has 4 N–H and O–H groups in total. The highest BCUT2D eigenvalue weighted by molar-refractivity contribution is 5.93. The Balaban J connectivity index is 2.79. The molecule has 1 atom stereocenters. The molecule has 0 fully saturated rings. The van der Waals surface area contributed by atoms with E-state index in [1.54, 1.807) is 0 Å². The summed E-state index contributed by atoms with van der Waals surface area (Å²) < 4.78 is 0. The van der Waals surface area contributed by atoms with E-state index in [2.05, 4.69) is 10.3 Å². The zero-order valence-electron chi connectivity index (χ0n) is 11.4. The van der Waals surface area contributed by atoms with Crippen molar-refractivity contribution in [3.8, 4) is 0 Å². The quantitative estimate of drug-likeness (QED) is 0.534. The van der Waals surface area contributed by atoms with Crippen LogP contribution in [0.2, 0.25) is 0 Å². The van der Waals surface area contributed by atoms with Crippen molar-refractivity contribution in [3.63, 3.8) is 0 Å². The van der Waals surface area contributed by atoms with Crippen LogP contribution in [-0.4, -0.2) is 27.9 Å². The molecule has 0 spiro atoms. The van der Waals surface area contributed by atoms with Gasteiger partial charge in [0.15, 0.2) is 0 Å². The van der Waals surface area contributed by atoms with Crippen LogP contribution in [0.15, 0.2) is 12.3 Å². The molecule has 0 saturated carbocycles. The van der Waals surface area contributed by atoms with Crippen molar-refractivity contribution in [1.29, 1.82) is 0 Å². The molecule has 19 heavy (non-hydrogen) atoms. The highest BCUT2D eigenvalue weighted by Crippen LogP contribution is 2.17. The fourth-order valence-electron chi connectivity index (χ4n) is 2.05. The number of hydrogen-bond acceptors (Lipinski definition) is 4. The van der Waals surface area contributed by atoms with Gasteiger partial charge in [-0.15, -0.1) is 0 Å². The van der Waals surface area contributed by atoms with Gasteiger partial charge in [-0.25, -0.2) is 0 Å². The topological polar surface area (TPSA) is 114 Å². The number of carbonyl (C=O) groups excluding carboxylic acids is 1. The molecule has 1 rings (SSSR count). The van der Waals surface area contributed by atoms with Gasteiger partial charge in [-0.3, -0.25) is 14.9 Å². The van der Waals surface area contributed by atoms with E-state index in [0.717, 1.165) is 6.42 Å². The number of nitrogens with two attached hydrogens (primary N) is 1. The first kappa shape index (κ1) is 15.2. The first-order valence-corrected chi connectivity index (χ1v) is 6.13. The van der Waals surface area contributed by atoms with Crippen LogP contribution >= 0.6 is 0 Å². The Morgan fingerprint density at radius 2 is 2.26 bits per heavy atom. The van der Waals surface area contributed by atoms with Gasteiger partial charge in [0, 0.05) is 12.6 Å². The Hall–Kier alpha value is -1.89. The lowest BCUT2D eigenvalue weighted by Crippen LogP contribution is -2.52. The maximum atomic E-state index is 12.0. The summed E-state index contributed by atoms with van der Waals surface area (Å²) in [5, 5.41) is 13.4. The summed E-state index contributed by atoms with van der Waals surface area (Å²) in [6.45, 7) is 6.25. The van der Waals surface area contributed by atoms with Crippen molar-refractivity contribution in [2.45, 2.75) is 32.7 Å². The predicted octanol–water partition coefficient (Wildman–Crippen LogP) is 1.42. The molecule has 1 unspecified atom stereocenters. The Morgan fingerprint density at radius 1 is 1.63 bits per heavy atom. The van der Waals surface area contributed by atoms with E-state index in [-0.39, 0.29) is 17.3 Å². The van der Waals surface area contributed by atoms with Gasteiger partial charge in [0.05, 0.1) is 16.7 Å². The fourth-order valence-corrected chi connectivity index (χ4v) is 2.05. The van der Waals surface area contributed by atoms with Crippen LogP contribution in [0.25, 0.3) is 0 Å². The van der Waals surface area contributed by atoms with Crippen LogP contribution in [-0.2, 0) is 0 Å². The van der Waals surface area contributed by atoms with E-state index in [1.807, 2.05) is 20.8 Å². The molecule has 7 nitrogen and oxygen atoms in total. The van der Waals surface area contributed by atoms with Gasteiger partial charge in [0.2, 0.25) is 0 Å². The van der Waals surface area contributed by atoms with Crippen LogP contribution in [0.3, 0.4) is 0 Å². The van der Waals surface area contributed by atoms with Gasteiger partial charge in [-0.1, -0.05) is 13.8 Å². The van der Waals surface area contributed by atoms with E-state index in [4.69, 9.17) is 5.73 Å². The summed E-state index contributed by atoms with van der Waals surface area (Å²) in [6, 6.07) is 1.21. The number of amides is 1. The standard InChI is InChI=1S/C12H20N4O3/c1-8(2)5-12(3,7-13)15-11(17)10-4-9(6-14-10)16(18)19/h4,6,8,14H,5,7,13H2,1-3H3,(H,15,17). The third kappa shape index (κ3) is 4.06. The number of hydrogen-bond donors (Lipinski definition) is 3. The third-order valence-electron chi connectivity index (χ3n) is 2.85. The van der Waals surface area contributed by atoms with Gasteiger partial charge in [0.1, 0.15) is 5.69 Å². The van der Waals surface area contributed by atoms with Crippen molar-refractivity contribution in [2.75, 3.05) is 6.54 Å². The minimum absolute atomic E-state index is 0.136. The average Bonchev–Trinajstić information content (AvgIpc) is 2.77. The lowest BCUT2D eigenvalue weighted by molar-refractivity contribution is -0.384. The summed E-state index contributed by atoms with van der Waals surface area (Å²) in [5.41, 5.74) is 5.21. The normalized spacial score (nSPS) is 14.2. The van der Waals surface area contributed by atoms with E-state index >= 15 is 0 Å². The molecular formula is C12H20N4O3. The van der Waals surface area contributed by atoms with Crippen LogP contribution in [0.4, 0.5) is 5.69 Å². The zero-order chi connectivity index (χ0) is 14.6. The summed E-state index contributed by atoms with van der Waals surface area (Å²) in [6.07, 6.45) is 1.93. The molecule has 7 heteroatoms. The maximum Gasteiger partial charge on any atom is 0.287 e. The molecule has 1 aromatic heterocycles. The van der Waals surface area contributed by atoms with Gasteiger partial charge in [-0.05, 0) is 19.3 Å². The number of nitrogens with one attached hydrogen (secondary N) is 2. The van der Waals surface area contributed by atoms with Crippen molar-refractivity contribution < 1.29 is 9.72 Å². The molecule has 0 aliphatic heterocycles. The minimum Gasteiger partial charge on any atom is -0.351 e. The third-order valence-corrected chi connectivity index (χ3v) is 2.85. The molecule has 0 bridgehead atoms. The number of rotatable bonds is 6. The second kappa shape index (κ2) is 5.83. The highest BCUT2D eigenvalue weighted by atomic mass is 16.6. The molecule has 0 radical (unpaired) electrons. The van der Waals surface area contributed by atoms with Gasteiger partial charge < -0.3 is 16.0 Å². The molecule has 0 aromatic carbocycles. The zero-order valence-corrected chi connectivity index (χ0v) is 11.4. The SMILES string of the molecule is CC(C)CC(C)(CN)NC(=O)c1cc([N+](=O)[O-])c[nH]1. The predicted molar refractivity (Wildman–Crippen MR) is 71.8 cm³/mol. The van der Waals surface area contributed by atoms with Crippen LogP contribution < -0.4 is 11.1 Å². The monoisotopic (exact) mass is 268 g/mol. The van der Waals surface area contributed by atoms with Gasteiger partial charge in [0.25, 0.3) is 11.6 Å². The van der Waals surface area contributed by atoms with Gasteiger partial charge in [-0.2, -0.15) is 0 Å². The Kier molecular flexibility index (Phi) is 4.66. The van der Waals surface area contributed by atoms with E-state index in [9.17, 15) is 14.9 Å². The van der Waals surface area contributed by atoms with Crippen molar-refractivity contribution in [2.24, 2.45) is 11.7 Å². The van der Waals surface area contributed by atoms with Crippen LogP contribution in [0, 0.1) is 16.0 Å². The summed E-state index contributed by atoms with van der Waals surface area (Å²) in [4.78, 5) is 24.6. The number of aromatic nitrogens is 1. The molecule has 0 aliphatic carbocycles. The highest BCUT2D eigenvalue weighted by Gasteiger charge is 2.27. The molecule has 0 saturated heterocycles. The second-order valence-electron chi connectivity index (χ2n) is 5.35. The first-order valence-electron chi connectivity index (χ1n) is 6.13. The number of aromatic amines is 1. The largest absolute Gasteiger partial charge is 0.351 e. The Labute approximate surface area is 111 Å². The minimum atomic E-state index is -0.552. The smallest absolute Gasteiger partial charge is 0.287 e. The lowest BCUT2D eigenvalue weighted by Gasteiger charge is -2.30. The van der Waals surface area contributed by atoms with E-state index in [1.165, 1.54) is 12.3 Å². The van der Waals surface area contributed by atoms with E-state index < -0.39 is 10.5 Å². The van der Waals surface area contributed by atoms with Crippen LogP contribution in [0.1, 0.15) is 37.7 Å². The molecule has 1 aromatic rings. The van der Waals surface area contributed by atoms with Crippen molar-refractivity contribution in [3.05, 3.63) is 28.1 Å². The second-order valence-corrected chi connectivity index (χ2v) is 5.35. The Morgan fingerprint density at radius 3 is 2.68 bits per heavy atom. The average molecular weight is 268 g/mol. The van der Waals surface area contributed by atoms with Crippen LogP contribution in [0.5, 0.6) is 0 Å². The van der Waals surface area contributed by atoms with E-state index in [0.29, 0.717) is 12.5 Å².